The number of carbonyl (C=O) groups is 3. The quantitative estimate of drug-likeness (QED) is 0.832. The summed E-state index contributed by atoms with van der Waals surface area (Å²) in [5.74, 6) is -4.39. The molecule has 2 atom stereocenters. The van der Waals surface area contributed by atoms with Gasteiger partial charge in [-0.25, -0.2) is 0 Å². The van der Waals surface area contributed by atoms with Gasteiger partial charge in [-0.2, -0.15) is 0 Å². The number of benzene rings is 1. The molecule has 1 saturated carbocycles. The molecule has 0 aliphatic heterocycles. The highest BCUT2D eigenvalue weighted by atomic mass is 16.4. The van der Waals surface area contributed by atoms with Gasteiger partial charge in [-0.3, -0.25) is 4.79 Å². The maximum atomic E-state index is 12.4. The molecule has 0 unspecified atom stereocenters. The Labute approximate surface area is 128 Å². The molecule has 1 aliphatic carbocycles. The van der Waals surface area contributed by atoms with Crippen molar-refractivity contribution in [2.45, 2.75) is 32.6 Å². The summed E-state index contributed by atoms with van der Waals surface area (Å²) in [6, 6.07) is 4.28. The van der Waals surface area contributed by atoms with E-state index in [-0.39, 0.29) is 5.56 Å². The molecule has 2 rings (SSSR count). The van der Waals surface area contributed by atoms with Crippen LogP contribution in [0.15, 0.2) is 18.2 Å². The first-order valence-corrected chi connectivity index (χ1v) is 7.24. The number of aromatic carboxylic acids is 1. The van der Waals surface area contributed by atoms with E-state index in [1.54, 1.807) is 13.0 Å². The van der Waals surface area contributed by atoms with Gasteiger partial charge in [0.25, 0.3) is 0 Å². The van der Waals surface area contributed by atoms with Crippen molar-refractivity contribution in [2.75, 3.05) is 5.32 Å². The first kappa shape index (κ1) is 16.0. The minimum atomic E-state index is -1.33. The highest BCUT2D eigenvalue weighted by Gasteiger charge is 2.31. The van der Waals surface area contributed by atoms with Crippen LogP contribution in [0.25, 0.3) is 0 Å². The molecule has 0 aromatic heterocycles. The lowest BCUT2D eigenvalue weighted by Gasteiger charge is -2.31. The maximum absolute atomic E-state index is 12.4. The summed E-state index contributed by atoms with van der Waals surface area (Å²) in [6.07, 6.45) is 2.48. The Kier molecular flexibility index (Phi) is 4.80. The molecule has 1 N–H and O–H groups in total. The lowest BCUT2D eigenvalue weighted by Crippen LogP contribution is -2.42. The Hall–Kier alpha value is -2.37. The number of carboxylic acid groups (broad SMARTS) is 2. The molecule has 1 aromatic rings. The molecule has 1 aromatic carbocycles. The summed E-state index contributed by atoms with van der Waals surface area (Å²) < 4.78 is 0. The normalized spacial score (nSPS) is 21.1. The molecule has 1 fully saturated rings. The average molecular weight is 303 g/mol. The van der Waals surface area contributed by atoms with E-state index in [0.29, 0.717) is 24.1 Å². The molecular formula is C16H17NO5-2. The number of nitrogens with one attached hydrogen (secondary N) is 1. The summed E-state index contributed by atoms with van der Waals surface area (Å²) in [6.45, 7) is 1.73. The van der Waals surface area contributed by atoms with Crippen LogP contribution in [0.4, 0.5) is 5.69 Å². The maximum Gasteiger partial charge on any atom is 0.228 e. The molecular weight excluding hydrogens is 286 g/mol. The van der Waals surface area contributed by atoms with Crippen LogP contribution in [-0.2, 0) is 9.59 Å². The van der Waals surface area contributed by atoms with Crippen LogP contribution in [0.1, 0.15) is 41.6 Å². The molecule has 118 valence electrons. The van der Waals surface area contributed by atoms with Crippen molar-refractivity contribution in [2.24, 2.45) is 11.8 Å². The zero-order chi connectivity index (χ0) is 16.3. The van der Waals surface area contributed by atoms with Gasteiger partial charge >= 0.3 is 0 Å². The van der Waals surface area contributed by atoms with Crippen LogP contribution < -0.4 is 15.5 Å². The van der Waals surface area contributed by atoms with E-state index in [0.717, 1.165) is 12.8 Å². The second-order valence-electron chi connectivity index (χ2n) is 5.62. The van der Waals surface area contributed by atoms with Crippen molar-refractivity contribution in [3.05, 3.63) is 29.3 Å². The van der Waals surface area contributed by atoms with Gasteiger partial charge in [0, 0.05) is 23.5 Å². The van der Waals surface area contributed by atoms with Crippen molar-refractivity contribution in [1.82, 2.24) is 0 Å². The molecule has 0 radical (unpaired) electrons. The SMILES string of the molecule is Cc1ccc(C(=O)[O-])cc1NC(=O)[C@H]1CCCC[C@H]1C(=O)[O-]. The van der Waals surface area contributed by atoms with E-state index in [1.807, 2.05) is 0 Å². The molecule has 22 heavy (non-hydrogen) atoms. The van der Waals surface area contributed by atoms with Gasteiger partial charge in [0.1, 0.15) is 0 Å². The molecule has 6 nitrogen and oxygen atoms in total. The van der Waals surface area contributed by atoms with E-state index >= 15 is 0 Å². The Bertz CT molecular complexity index is 611. The van der Waals surface area contributed by atoms with Crippen molar-refractivity contribution >= 4 is 23.5 Å². The van der Waals surface area contributed by atoms with Crippen LogP contribution >= 0.6 is 0 Å². The van der Waals surface area contributed by atoms with E-state index in [1.165, 1.54) is 12.1 Å². The minimum Gasteiger partial charge on any atom is -0.550 e. The molecule has 1 aliphatic rings. The van der Waals surface area contributed by atoms with Gasteiger partial charge in [-0.05, 0) is 37.0 Å². The third-order valence-electron chi connectivity index (χ3n) is 4.14. The summed E-state index contributed by atoms with van der Waals surface area (Å²) in [7, 11) is 0. The van der Waals surface area contributed by atoms with E-state index in [2.05, 4.69) is 5.32 Å². The highest BCUT2D eigenvalue weighted by molar-refractivity contribution is 5.97. The smallest absolute Gasteiger partial charge is 0.228 e. The fourth-order valence-electron chi connectivity index (χ4n) is 2.84. The van der Waals surface area contributed by atoms with Crippen LogP contribution in [0.3, 0.4) is 0 Å². The Morgan fingerprint density at radius 3 is 2.32 bits per heavy atom. The number of carbonyl (C=O) groups excluding carboxylic acids is 3. The second kappa shape index (κ2) is 6.60. The summed E-state index contributed by atoms with van der Waals surface area (Å²) in [5, 5.41) is 24.7. The van der Waals surface area contributed by atoms with Gasteiger partial charge in [0.05, 0.1) is 5.97 Å². The molecule has 6 heteroatoms. The first-order valence-electron chi connectivity index (χ1n) is 7.24. The third-order valence-corrected chi connectivity index (χ3v) is 4.14. The third kappa shape index (κ3) is 3.44. The van der Waals surface area contributed by atoms with E-state index in [4.69, 9.17) is 0 Å². The molecule has 1 amide bonds. The molecule has 0 saturated heterocycles. The zero-order valence-corrected chi connectivity index (χ0v) is 12.3. The number of aliphatic carboxylic acids is 1. The minimum absolute atomic E-state index is 0.0407. The van der Waals surface area contributed by atoms with Gasteiger partial charge in [0.2, 0.25) is 5.91 Å². The predicted octanol–water partition coefficient (Wildman–Crippen LogP) is -0.147. The van der Waals surface area contributed by atoms with E-state index < -0.39 is 29.7 Å². The Balaban J connectivity index is 2.19. The largest absolute Gasteiger partial charge is 0.550 e. The van der Waals surface area contributed by atoms with E-state index in [9.17, 15) is 24.6 Å². The lowest BCUT2D eigenvalue weighted by atomic mass is 9.78. The number of amides is 1. The number of aryl methyl sites for hydroxylation is 1. The molecule has 0 spiro atoms. The van der Waals surface area contributed by atoms with Crippen molar-refractivity contribution in [3.63, 3.8) is 0 Å². The summed E-state index contributed by atoms with van der Waals surface area (Å²) in [4.78, 5) is 34.4. The van der Waals surface area contributed by atoms with Gasteiger partial charge < -0.3 is 25.1 Å². The number of carboxylic acids is 2. The number of hydrogen-bond acceptors (Lipinski definition) is 5. The van der Waals surface area contributed by atoms with Crippen LogP contribution in [0.2, 0.25) is 0 Å². The molecule has 0 bridgehead atoms. The number of rotatable bonds is 4. The van der Waals surface area contributed by atoms with Gasteiger partial charge in [-0.1, -0.05) is 25.0 Å². The van der Waals surface area contributed by atoms with Crippen LogP contribution in [0, 0.1) is 18.8 Å². The molecule has 0 heterocycles. The van der Waals surface area contributed by atoms with Crippen molar-refractivity contribution in [3.8, 4) is 0 Å². The Morgan fingerprint density at radius 1 is 1.09 bits per heavy atom. The zero-order valence-electron chi connectivity index (χ0n) is 12.3. The van der Waals surface area contributed by atoms with Gasteiger partial charge in [-0.15, -0.1) is 0 Å². The van der Waals surface area contributed by atoms with Crippen molar-refractivity contribution in [1.29, 1.82) is 0 Å². The average Bonchev–Trinajstić information content (AvgIpc) is 2.49. The first-order chi connectivity index (χ1) is 10.4. The second-order valence-corrected chi connectivity index (χ2v) is 5.62. The summed E-state index contributed by atoms with van der Waals surface area (Å²) >= 11 is 0. The number of anilines is 1. The van der Waals surface area contributed by atoms with Crippen LogP contribution in [0.5, 0.6) is 0 Å². The fourth-order valence-corrected chi connectivity index (χ4v) is 2.84. The van der Waals surface area contributed by atoms with Crippen molar-refractivity contribution < 1.29 is 24.6 Å². The summed E-state index contributed by atoms with van der Waals surface area (Å²) in [5.41, 5.74) is 1.01. The Morgan fingerprint density at radius 2 is 1.73 bits per heavy atom. The fraction of sp³-hybridized carbons (Fsp3) is 0.438. The lowest BCUT2D eigenvalue weighted by molar-refractivity contribution is -0.313. The standard InChI is InChI=1S/C16H19NO5/c1-9-6-7-10(15(19)20)8-13(9)17-14(18)11-4-2-3-5-12(11)16(21)22/h6-8,11-12H,2-5H2,1H3,(H,17,18)(H,19,20)(H,21,22)/p-2/t11-,12+/m0/s1. The van der Waals surface area contributed by atoms with Gasteiger partial charge in [0.15, 0.2) is 0 Å². The monoisotopic (exact) mass is 303 g/mol. The van der Waals surface area contributed by atoms with Crippen LogP contribution in [-0.4, -0.2) is 17.8 Å². The predicted molar refractivity (Wildman–Crippen MR) is 74.6 cm³/mol. The number of hydrogen-bond donors (Lipinski definition) is 1. The highest BCUT2D eigenvalue weighted by Crippen LogP contribution is 2.31. The topological polar surface area (TPSA) is 109 Å².